The molecule has 0 radical (unpaired) electrons. The summed E-state index contributed by atoms with van der Waals surface area (Å²) in [5.74, 6) is -0.400. The van der Waals surface area contributed by atoms with Gasteiger partial charge in [-0.25, -0.2) is 4.39 Å². The van der Waals surface area contributed by atoms with Crippen LogP contribution in [0.1, 0.15) is 16.7 Å². The minimum absolute atomic E-state index is 0.139. The van der Waals surface area contributed by atoms with E-state index in [4.69, 9.17) is 11.6 Å². The van der Waals surface area contributed by atoms with Crippen LogP contribution in [0.4, 0.5) is 10.1 Å². The van der Waals surface area contributed by atoms with Crippen LogP contribution in [0.2, 0.25) is 5.02 Å². The number of hydrogen-bond acceptors (Lipinski definition) is 1. The molecular formula is C15H15ClFN. The van der Waals surface area contributed by atoms with Crippen molar-refractivity contribution in [2.24, 2.45) is 0 Å². The van der Waals surface area contributed by atoms with E-state index in [0.717, 1.165) is 5.56 Å². The highest BCUT2D eigenvalue weighted by molar-refractivity contribution is 6.31. The molecule has 0 saturated heterocycles. The quantitative estimate of drug-likeness (QED) is 0.846. The van der Waals surface area contributed by atoms with Gasteiger partial charge >= 0.3 is 0 Å². The fraction of sp³-hybridized carbons (Fsp3) is 0.200. The third-order valence-corrected chi connectivity index (χ3v) is 3.30. The van der Waals surface area contributed by atoms with Gasteiger partial charge in [-0.2, -0.15) is 0 Å². The Labute approximate surface area is 112 Å². The van der Waals surface area contributed by atoms with E-state index in [-0.39, 0.29) is 5.02 Å². The maximum atomic E-state index is 13.7. The SMILES string of the molecule is Cc1ccc(CNc2cccc(Cl)c2F)cc1C. The zero-order valence-corrected chi connectivity index (χ0v) is 11.2. The van der Waals surface area contributed by atoms with Crippen LogP contribution in [0.5, 0.6) is 0 Å². The average molecular weight is 264 g/mol. The number of halogens is 2. The zero-order valence-electron chi connectivity index (χ0n) is 10.4. The predicted molar refractivity (Wildman–Crippen MR) is 74.7 cm³/mol. The van der Waals surface area contributed by atoms with Crippen LogP contribution >= 0.6 is 11.6 Å². The number of rotatable bonds is 3. The fourth-order valence-corrected chi connectivity index (χ4v) is 1.93. The van der Waals surface area contributed by atoms with Crippen LogP contribution in [0.25, 0.3) is 0 Å². The van der Waals surface area contributed by atoms with Crippen molar-refractivity contribution in [2.75, 3.05) is 5.32 Å². The molecule has 0 spiro atoms. The van der Waals surface area contributed by atoms with Gasteiger partial charge in [-0.15, -0.1) is 0 Å². The first-order chi connectivity index (χ1) is 8.58. The summed E-state index contributed by atoms with van der Waals surface area (Å²) in [5, 5.41) is 3.20. The minimum atomic E-state index is -0.400. The Balaban J connectivity index is 2.11. The van der Waals surface area contributed by atoms with E-state index in [0.29, 0.717) is 12.2 Å². The van der Waals surface area contributed by atoms with E-state index in [9.17, 15) is 4.39 Å². The van der Waals surface area contributed by atoms with Crippen molar-refractivity contribution in [3.63, 3.8) is 0 Å². The van der Waals surface area contributed by atoms with E-state index in [2.05, 4.69) is 31.3 Å². The molecule has 0 bridgehead atoms. The predicted octanol–water partition coefficient (Wildman–Crippen LogP) is 4.71. The van der Waals surface area contributed by atoms with Crippen LogP contribution in [-0.2, 0) is 6.54 Å². The van der Waals surface area contributed by atoms with E-state index in [1.165, 1.54) is 17.2 Å². The van der Waals surface area contributed by atoms with Gasteiger partial charge in [0, 0.05) is 6.54 Å². The van der Waals surface area contributed by atoms with E-state index in [1.807, 2.05) is 6.07 Å². The second-order valence-electron chi connectivity index (χ2n) is 4.37. The normalized spacial score (nSPS) is 10.4. The molecule has 0 aromatic heterocycles. The van der Waals surface area contributed by atoms with Gasteiger partial charge in [0.2, 0.25) is 0 Å². The Morgan fingerprint density at radius 2 is 1.89 bits per heavy atom. The molecule has 0 amide bonds. The lowest BCUT2D eigenvalue weighted by atomic mass is 10.1. The summed E-state index contributed by atoms with van der Waals surface area (Å²) in [6, 6.07) is 11.2. The third-order valence-electron chi connectivity index (χ3n) is 3.01. The van der Waals surface area contributed by atoms with Crippen molar-refractivity contribution < 1.29 is 4.39 Å². The fourth-order valence-electron chi connectivity index (χ4n) is 1.75. The molecule has 0 aliphatic rings. The second-order valence-corrected chi connectivity index (χ2v) is 4.78. The molecule has 0 atom stereocenters. The van der Waals surface area contributed by atoms with Crippen molar-refractivity contribution in [1.29, 1.82) is 0 Å². The monoisotopic (exact) mass is 263 g/mol. The molecule has 0 heterocycles. The smallest absolute Gasteiger partial charge is 0.164 e. The molecule has 1 N–H and O–H groups in total. The molecule has 0 saturated carbocycles. The standard InChI is InChI=1S/C15H15ClFN/c1-10-6-7-12(8-11(10)2)9-18-14-5-3-4-13(16)15(14)17/h3-8,18H,9H2,1-2H3. The Bertz CT molecular complexity index is 566. The summed E-state index contributed by atoms with van der Waals surface area (Å²) in [7, 11) is 0. The first kappa shape index (κ1) is 12.9. The lowest BCUT2D eigenvalue weighted by Gasteiger charge is -2.10. The highest BCUT2D eigenvalue weighted by Crippen LogP contribution is 2.22. The highest BCUT2D eigenvalue weighted by Gasteiger charge is 2.05. The largest absolute Gasteiger partial charge is 0.379 e. The molecular weight excluding hydrogens is 249 g/mol. The van der Waals surface area contributed by atoms with Crippen molar-refractivity contribution in [1.82, 2.24) is 0 Å². The molecule has 18 heavy (non-hydrogen) atoms. The number of anilines is 1. The number of nitrogens with one attached hydrogen (secondary N) is 1. The summed E-state index contributed by atoms with van der Waals surface area (Å²) in [6.45, 7) is 4.72. The Kier molecular flexibility index (Phi) is 3.87. The van der Waals surface area contributed by atoms with Crippen LogP contribution in [0.15, 0.2) is 36.4 Å². The Morgan fingerprint density at radius 3 is 2.61 bits per heavy atom. The second kappa shape index (κ2) is 5.40. The maximum absolute atomic E-state index is 13.7. The third kappa shape index (κ3) is 2.82. The number of hydrogen-bond donors (Lipinski definition) is 1. The number of aryl methyl sites for hydroxylation is 2. The first-order valence-electron chi connectivity index (χ1n) is 5.82. The summed E-state index contributed by atoms with van der Waals surface area (Å²) >= 11 is 5.73. The molecule has 0 fully saturated rings. The Hall–Kier alpha value is -1.54. The molecule has 1 nitrogen and oxygen atoms in total. The van der Waals surface area contributed by atoms with Crippen LogP contribution < -0.4 is 5.32 Å². The van der Waals surface area contributed by atoms with Gasteiger partial charge in [0.25, 0.3) is 0 Å². The topological polar surface area (TPSA) is 12.0 Å². The summed E-state index contributed by atoms with van der Waals surface area (Å²) in [5.41, 5.74) is 4.05. The summed E-state index contributed by atoms with van der Waals surface area (Å²) in [6.07, 6.45) is 0. The summed E-state index contributed by atoms with van der Waals surface area (Å²) in [4.78, 5) is 0. The van der Waals surface area contributed by atoms with Crippen LogP contribution in [0, 0.1) is 19.7 Å². The molecule has 94 valence electrons. The van der Waals surface area contributed by atoms with Crippen molar-refractivity contribution in [3.05, 3.63) is 63.9 Å². The van der Waals surface area contributed by atoms with Gasteiger partial charge < -0.3 is 5.32 Å². The van der Waals surface area contributed by atoms with Crippen LogP contribution in [-0.4, -0.2) is 0 Å². The molecule has 2 rings (SSSR count). The van der Waals surface area contributed by atoms with Gasteiger partial charge in [-0.05, 0) is 42.7 Å². The molecule has 2 aromatic carbocycles. The molecule has 2 aromatic rings. The Morgan fingerprint density at radius 1 is 1.11 bits per heavy atom. The van der Waals surface area contributed by atoms with Gasteiger partial charge in [0.15, 0.2) is 5.82 Å². The minimum Gasteiger partial charge on any atom is -0.379 e. The van der Waals surface area contributed by atoms with Gasteiger partial charge in [-0.3, -0.25) is 0 Å². The summed E-state index contributed by atoms with van der Waals surface area (Å²) < 4.78 is 13.7. The van der Waals surface area contributed by atoms with E-state index in [1.54, 1.807) is 12.1 Å². The zero-order chi connectivity index (χ0) is 13.1. The number of benzene rings is 2. The molecule has 0 unspecified atom stereocenters. The highest BCUT2D eigenvalue weighted by atomic mass is 35.5. The van der Waals surface area contributed by atoms with Crippen molar-refractivity contribution in [3.8, 4) is 0 Å². The lowest BCUT2D eigenvalue weighted by Crippen LogP contribution is -2.02. The van der Waals surface area contributed by atoms with E-state index >= 15 is 0 Å². The van der Waals surface area contributed by atoms with Crippen LogP contribution in [0.3, 0.4) is 0 Å². The lowest BCUT2D eigenvalue weighted by molar-refractivity contribution is 0.630. The van der Waals surface area contributed by atoms with Gasteiger partial charge in [0.1, 0.15) is 0 Å². The molecule has 3 heteroatoms. The van der Waals surface area contributed by atoms with Gasteiger partial charge in [0.05, 0.1) is 10.7 Å². The van der Waals surface area contributed by atoms with Crippen molar-refractivity contribution in [2.45, 2.75) is 20.4 Å². The first-order valence-corrected chi connectivity index (χ1v) is 6.20. The van der Waals surface area contributed by atoms with E-state index < -0.39 is 5.82 Å². The van der Waals surface area contributed by atoms with Gasteiger partial charge in [-0.1, -0.05) is 35.9 Å². The average Bonchev–Trinajstić information content (AvgIpc) is 2.35. The molecule has 0 aliphatic heterocycles. The molecule has 0 aliphatic carbocycles. The maximum Gasteiger partial charge on any atom is 0.164 e. The van der Waals surface area contributed by atoms with Crippen molar-refractivity contribution >= 4 is 17.3 Å².